The van der Waals surface area contributed by atoms with Crippen molar-refractivity contribution in [1.29, 1.82) is 0 Å². The molecule has 0 bridgehead atoms. The van der Waals surface area contributed by atoms with Crippen LogP contribution in [-0.2, 0) is 11.2 Å². The topological polar surface area (TPSA) is 30.0 Å². The molecule has 1 aromatic heterocycles. The smallest absolute Gasteiger partial charge is 0.164 e. The normalized spacial score (nSPS) is 17.6. The Morgan fingerprint density at radius 1 is 1.47 bits per heavy atom. The predicted molar refractivity (Wildman–Crippen MR) is 69.0 cm³/mol. The highest BCUT2D eigenvalue weighted by molar-refractivity contribution is 5.96. The Hall–Kier alpha value is -1.44. The number of hydrogen-bond acceptors (Lipinski definition) is 2. The van der Waals surface area contributed by atoms with Gasteiger partial charge in [0.05, 0.1) is 11.6 Å². The van der Waals surface area contributed by atoms with Crippen LogP contribution in [0, 0.1) is 0 Å². The maximum Gasteiger partial charge on any atom is 0.164 e. The van der Waals surface area contributed by atoms with E-state index in [4.69, 9.17) is 0 Å². The van der Waals surface area contributed by atoms with Gasteiger partial charge in [-0.25, -0.2) is 0 Å². The monoisotopic (exact) mass is 229 g/mol. The van der Waals surface area contributed by atoms with E-state index in [1.807, 2.05) is 12.1 Å². The second-order valence-electron chi connectivity index (χ2n) is 4.55. The summed E-state index contributed by atoms with van der Waals surface area (Å²) in [5, 5.41) is 0. The van der Waals surface area contributed by atoms with Crippen LogP contribution >= 0.6 is 0 Å². The van der Waals surface area contributed by atoms with Crippen molar-refractivity contribution in [1.82, 2.24) is 4.98 Å². The number of carbonyl (C=O) groups excluding carboxylic acids is 1. The molecule has 2 rings (SSSR count). The maximum absolute atomic E-state index is 12.2. The minimum Gasteiger partial charge on any atom is -0.294 e. The summed E-state index contributed by atoms with van der Waals surface area (Å²) in [6.07, 6.45) is 7.46. The van der Waals surface area contributed by atoms with Crippen molar-refractivity contribution < 1.29 is 4.79 Å². The molecule has 0 amide bonds. The van der Waals surface area contributed by atoms with E-state index >= 15 is 0 Å². The van der Waals surface area contributed by atoms with E-state index in [1.165, 1.54) is 11.1 Å². The summed E-state index contributed by atoms with van der Waals surface area (Å²) in [5.41, 5.74) is 3.48. The standard InChI is InChI=1S/C15H19NO/c1-3-11(4-2)10-14(17)13-8-7-12-6-5-9-16-15(12)13/h5-6,9-10,13H,3-4,7-8H2,1-2H3. The molecule has 1 aliphatic rings. The summed E-state index contributed by atoms with van der Waals surface area (Å²) in [5.74, 6) is 0.237. The van der Waals surface area contributed by atoms with Gasteiger partial charge in [0.1, 0.15) is 0 Å². The van der Waals surface area contributed by atoms with E-state index in [1.54, 1.807) is 6.20 Å². The van der Waals surface area contributed by atoms with Crippen LogP contribution in [0.2, 0.25) is 0 Å². The van der Waals surface area contributed by atoms with Crippen molar-refractivity contribution in [2.75, 3.05) is 0 Å². The lowest BCUT2D eigenvalue weighted by atomic mass is 9.98. The Balaban J connectivity index is 2.21. The molecule has 1 atom stereocenters. The van der Waals surface area contributed by atoms with Gasteiger partial charge in [0.15, 0.2) is 5.78 Å². The van der Waals surface area contributed by atoms with Gasteiger partial charge in [-0.3, -0.25) is 9.78 Å². The fourth-order valence-corrected chi connectivity index (χ4v) is 2.45. The van der Waals surface area contributed by atoms with Gasteiger partial charge < -0.3 is 0 Å². The molecule has 1 aliphatic carbocycles. The summed E-state index contributed by atoms with van der Waals surface area (Å²) >= 11 is 0. The van der Waals surface area contributed by atoms with Crippen LogP contribution in [-0.4, -0.2) is 10.8 Å². The molecular weight excluding hydrogens is 210 g/mol. The lowest BCUT2D eigenvalue weighted by Crippen LogP contribution is -2.08. The molecule has 1 heterocycles. The Kier molecular flexibility index (Phi) is 3.72. The molecule has 2 heteroatoms. The zero-order valence-electron chi connectivity index (χ0n) is 10.6. The SMILES string of the molecule is CCC(=CC(=O)C1CCc2cccnc21)CC. The number of ketones is 1. The first kappa shape index (κ1) is 12.0. The number of aryl methyl sites for hydroxylation is 1. The fraction of sp³-hybridized carbons (Fsp3) is 0.467. The highest BCUT2D eigenvalue weighted by atomic mass is 16.1. The number of allylic oxidation sites excluding steroid dienone is 2. The molecule has 1 aromatic rings. The highest BCUT2D eigenvalue weighted by Gasteiger charge is 2.28. The van der Waals surface area contributed by atoms with Crippen LogP contribution in [0.5, 0.6) is 0 Å². The van der Waals surface area contributed by atoms with Gasteiger partial charge in [0.25, 0.3) is 0 Å². The number of rotatable bonds is 4. The number of fused-ring (bicyclic) bond motifs is 1. The van der Waals surface area contributed by atoms with Crippen molar-refractivity contribution in [3.63, 3.8) is 0 Å². The van der Waals surface area contributed by atoms with E-state index in [-0.39, 0.29) is 11.7 Å². The fourth-order valence-electron chi connectivity index (χ4n) is 2.45. The van der Waals surface area contributed by atoms with E-state index in [2.05, 4.69) is 24.9 Å². The lowest BCUT2D eigenvalue weighted by molar-refractivity contribution is -0.116. The Bertz CT molecular complexity index is 442. The summed E-state index contributed by atoms with van der Waals surface area (Å²) in [6.45, 7) is 4.20. The lowest BCUT2D eigenvalue weighted by Gasteiger charge is -2.07. The maximum atomic E-state index is 12.2. The summed E-state index contributed by atoms with van der Waals surface area (Å²) in [7, 11) is 0. The average Bonchev–Trinajstić information content (AvgIpc) is 2.79. The van der Waals surface area contributed by atoms with Gasteiger partial charge in [-0.1, -0.05) is 25.5 Å². The van der Waals surface area contributed by atoms with Crippen LogP contribution in [0.4, 0.5) is 0 Å². The zero-order chi connectivity index (χ0) is 12.3. The van der Waals surface area contributed by atoms with E-state index in [9.17, 15) is 4.79 Å². The molecule has 2 nitrogen and oxygen atoms in total. The molecule has 0 fully saturated rings. The van der Waals surface area contributed by atoms with E-state index in [0.717, 1.165) is 31.4 Å². The van der Waals surface area contributed by atoms with Crippen LogP contribution in [0.25, 0.3) is 0 Å². The first-order valence-corrected chi connectivity index (χ1v) is 6.43. The Labute approximate surface area is 103 Å². The molecule has 0 spiro atoms. The van der Waals surface area contributed by atoms with Gasteiger partial charge in [-0.05, 0) is 43.4 Å². The summed E-state index contributed by atoms with van der Waals surface area (Å²) in [6, 6.07) is 4.03. The van der Waals surface area contributed by atoms with Crippen LogP contribution in [0.15, 0.2) is 30.0 Å². The molecule has 0 aliphatic heterocycles. The second-order valence-corrected chi connectivity index (χ2v) is 4.55. The molecule has 0 radical (unpaired) electrons. The van der Waals surface area contributed by atoms with E-state index < -0.39 is 0 Å². The molecule has 0 aromatic carbocycles. The largest absolute Gasteiger partial charge is 0.294 e. The number of aromatic nitrogens is 1. The molecule has 0 saturated heterocycles. The van der Waals surface area contributed by atoms with Gasteiger partial charge in [-0.2, -0.15) is 0 Å². The number of nitrogens with zero attached hydrogens (tertiary/aromatic N) is 1. The number of hydrogen-bond donors (Lipinski definition) is 0. The van der Waals surface area contributed by atoms with Crippen LogP contribution in [0.3, 0.4) is 0 Å². The van der Waals surface area contributed by atoms with E-state index in [0.29, 0.717) is 0 Å². The number of carbonyl (C=O) groups is 1. The third-order valence-corrected chi connectivity index (χ3v) is 3.56. The minimum atomic E-state index is -0.000648. The van der Waals surface area contributed by atoms with Crippen molar-refractivity contribution in [2.24, 2.45) is 0 Å². The molecule has 1 unspecified atom stereocenters. The van der Waals surface area contributed by atoms with Gasteiger partial charge in [0, 0.05) is 6.20 Å². The Morgan fingerprint density at radius 3 is 2.94 bits per heavy atom. The number of pyridine rings is 1. The molecular formula is C15H19NO. The minimum absolute atomic E-state index is 0.000648. The summed E-state index contributed by atoms with van der Waals surface area (Å²) in [4.78, 5) is 16.6. The van der Waals surface area contributed by atoms with Crippen molar-refractivity contribution in [3.05, 3.63) is 41.2 Å². The van der Waals surface area contributed by atoms with Gasteiger partial charge in [0.2, 0.25) is 0 Å². The summed E-state index contributed by atoms with van der Waals surface area (Å²) < 4.78 is 0. The zero-order valence-corrected chi connectivity index (χ0v) is 10.6. The molecule has 0 saturated carbocycles. The van der Waals surface area contributed by atoms with Crippen molar-refractivity contribution in [3.8, 4) is 0 Å². The first-order valence-electron chi connectivity index (χ1n) is 6.43. The Morgan fingerprint density at radius 2 is 2.24 bits per heavy atom. The first-order chi connectivity index (χ1) is 8.26. The van der Waals surface area contributed by atoms with Crippen molar-refractivity contribution in [2.45, 2.75) is 45.4 Å². The second kappa shape index (κ2) is 5.26. The van der Waals surface area contributed by atoms with Crippen LogP contribution < -0.4 is 0 Å². The quantitative estimate of drug-likeness (QED) is 0.740. The molecule has 17 heavy (non-hydrogen) atoms. The molecule has 0 N–H and O–H groups in total. The third-order valence-electron chi connectivity index (χ3n) is 3.56. The highest BCUT2D eigenvalue weighted by Crippen LogP contribution is 2.32. The van der Waals surface area contributed by atoms with Crippen molar-refractivity contribution >= 4 is 5.78 Å². The predicted octanol–water partition coefficient (Wildman–Crippen LogP) is 3.43. The third kappa shape index (κ3) is 2.46. The molecule has 90 valence electrons. The van der Waals surface area contributed by atoms with Gasteiger partial charge in [-0.15, -0.1) is 0 Å². The van der Waals surface area contributed by atoms with Crippen LogP contribution in [0.1, 0.15) is 50.3 Å². The van der Waals surface area contributed by atoms with Gasteiger partial charge >= 0.3 is 0 Å². The average molecular weight is 229 g/mol.